The molecular formula is C22H20N4O3S. The first-order chi connectivity index (χ1) is 14.7. The fourth-order valence-electron chi connectivity index (χ4n) is 3.03. The molecule has 0 saturated heterocycles. The van der Waals surface area contributed by atoms with Crippen LogP contribution in [0.15, 0.2) is 60.0 Å². The molecule has 0 aliphatic carbocycles. The molecule has 0 aliphatic rings. The minimum Gasteiger partial charge on any atom is -0.493 e. The van der Waals surface area contributed by atoms with E-state index in [4.69, 9.17) is 14.2 Å². The Bertz CT molecular complexity index is 1170. The average molecular weight is 420 g/mol. The molecule has 0 radical (unpaired) electrons. The van der Waals surface area contributed by atoms with E-state index >= 15 is 0 Å². The van der Waals surface area contributed by atoms with E-state index in [1.54, 1.807) is 38.9 Å². The van der Waals surface area contributed by atoms with Crippen molar-refractivity contribution in [2.75, 3.05) is 26.8 Å². The first-order valence-corrected chi connectivity index (χ1v) is 9.94. The summed E-state index contributed by atoms with van der Waals surface area (Å²) in [6.07, 6.45) is 3.20. The molecule has 4 aromatic rings. The van der Waals surface area contributed by atoms with Gasteiger partial charge in [-0.3, -0.25) is 5.43 Å². The number of fused-ring (bicyclic) bond motifs is 1. The molecule has 0 amide bonds. The highest BCUT2D eigenvalue weighted by atomic mass is 32.1. The quantitative estimate of drug-likeness (QED) is 0.341. The summed E-state index contributed by atoms with van der Waals surface area (Å²) < 4.78 is 16.1. The van der Waals surface area contributed by atoms with Gasteiger partial charge in [-0.1, -0.05) is 30.3 Å². The highest BCUT2D eigenvalue weighted by molar-refractivity contribution is 7.21. The summed E-state index contributed by atoms with van der Waals surface area (Å²) in [6.45, 7) is 0. The van der Waals surface area contributed by atoms with Crippen LogP contribution in [0.2, 0.25) is 0 Å². The summed E-state index contributed by atoms with van der Waals surface area (Å²) >= 11 is 1.62. The Morgan fingerprint density at radius 2 is 1.67 bits per heavy atom. The first kappa shape index (κ1) is 19.7. The second-order valence-electron chi connectivity index (χ2n) is 6.25. The van der Waals surface area contributed by atoms with Crippen molar-refractivity contribution >= 4 is 33.6 Å². The lowest BCUT2D eigenvalue weighted by Gasteiger charge is -2.12. The number of hydrazone groups is 1. The van der Waals surface area contributed by atoms with Crippen molar-refractivity contribution in [3.05, 3.63) is 60.4 Å². The van der Waals surface area contributed by atoms with Crippen LogP contribution in [0.25, 0.3) is 20.7 Å². The van der Waals surface area contributed by atoms with Gasteiger partial charge in [0.1, 0.15) is 11.2 Å². The lowest BCUT2D eigenvalue weighted by molar-refractivity contribution is 0.324. The molecule has 0 aliphatic heterocycles. The molecule has 8 heteroatoms. The van der Waals surface area contributed by atoms with Crippen molar-refractivity contribution in [1.82, 2.24) is 9.97 Å². The fourth-order valence-corrected chi connectivity index (χ4v) is 4.04. The van der Waals surface area contributed by atoms with Crippen LogP contribution < -0.4 is 19.6 Å². The van der Waals surface area contributed by atoms with Crippen LogP contribution in [-0.2, 0) is 0 Å². The van der Waals surface area contributed by atoms with Gasteiger partial charge >= 0.3 is 0 Å². The summed E-state index contributed by atoms with van der Waals surface area (Å²) in [5, 5.41) is 5.26. The third-order valence-corrected chi connectivity index (χ3v) is 5.55. The second-order valence-corrected chi connectivity index (χ2v) is 7.28. The Kier molecular flexibility index (Phi) is 5.76. The maximum Gasteiger partial charge on any atom is 0.203 e. The zero-order valence-electron chi connectivity index (χ0n) is 16.7. The molecule has 152 valence electrons. The molecule has 7 nitrogen and oxygen atoms in total. The minimum atomic E-state index is 0.536. The van der Waals surface area contributed by atoms with Crippen LogP contribution in [0.1, 0.15) is 5.56 Å². The van der Waals surface area contributed by atoms with Gasteiger partial charge in [0.15, 0.2) is 17.3 Å². The van der Waals surface area contributed by atoms with Gasteiger partial charge in [0.05, 0.1) is 32.9 Å². The molecule has 4 rings (SSSR count). The lowest BCUT2D eigenvalue weighted by atomic mass is 10.2. The molecule has 0 unspecified atom stereocenters. The normalized spacial score (nSPS) is 11.0. The Labute approximate surface area is 178 Å². The number of hydrogen-bond acceptors (Lipinski definition) is 8. The van der Waals surface area contributed by atoms with Crippen LogP contribution in [0.5, 0.6) is 17.2 Å². The molecule has 2 heterocycles. The minimum absolute atomic E-state index is 0.536. The first-order valence-electron chi connectivity index (χ1n) is 9.12. The van der Waals surface area contributed by atoms with Crippen LogP contribution in [0.3, 0.4) is 0 Å². The highest BCUT2D eigenvalue weighted by Crippen LogP contribution is 2.38. The monoisotopic (exact) mass is 420 g/mol. The van der Waals surface area contributed by atoms with Gasteiger partial charge in [0.25, 0.3) is 0 Å². The number of benzene rings is 2. The van der Waals surface area contributed by atoms with Gasteiger partial charge in [0.2, 0.25) is 5.75 Å². The van der Waals surface area contributed by atoms with Gasteiger partial charge in [-0.05, 0) is 23.8 Å². The average Bonchev–Trinajstić information content (AvgIpc) is 3.24. The van der Waals surface area contributed by atoms with E-state index in [0.29, 0.717) is 23.1 Å². The number of nitrogens with zero attached hydrogens (tertiary/aromatic N) is 3. The molecule has 2 aromatic carbocycles. The van der Waals surface area contributed by atoms with Crippen LogP contribution in [0.4, 0.5) is 5.82 Å². The summed E-state index contributed by atoms with van der Waals surface area (Å²) in [7, 11) is 4.73. The number of anilines is 1. The largest absolute Gasteiger partial charge is 0.493 e. The van der Waals surface area contributed by atoms with E-state index in [2.05, 4.69) is 38.7 Å². The highest BCUT2D eigenvalue weighted by Gasteiger charge is 2.13. The fraction of sp³-hybridized carbons (Fsp3) is 0.136. The second kappa shape index (κ2) is 8.79. The van der Waals surface area contributed by atoms with E-state index in [1.807, 2.05) is 30.3 Å². The SMILES string of the molecule is COc1cc(/C=N/Nc2ncnc3sc(-c4ccccc4)cc23)cc(OC)c1OC. The van der Waals surface area contributed by atoms with Gasteiger partial charge in [-0.2, -0.15) is 5.10 Å². The number of nitrogens with one attached hydrogen (secondary N) is 1. The van der Waals surface area contributed by atoms with Crippen molar-refractivity contribution in [2.45, 2.75) is 0 Å². The Balaban J connectivity index is 1.61. The van der Waals surface area contributed by atoms with Crippen molar-refractivity contribution in [3.8, 4) is 27.7 Å². The topological polar surface area (TPSA) is 77.9 Å². The van der Waals surface area contributed by atoms with Crippen LogP contribution >= 0.6 is 11.3 Å². The number of ether oxygens (including phenoxy) is 3. The molecule has 0 fully saturated rings. The molecule has 0 bridgehead atoms. The molecule has 0 atom stereocenters. The summed E-state index contributed by atoms with van der Waals surface area (Å²) in [4.78, 5) is 10.8. The molecule has 0 spiro atoms. The van der Waals surface area contributed by atoms with Gasteiger partial charge in [-0.25, -0.2) is 9.97 Å². The summed E-state index contributed by atoms with van der Waals surface area (Å²) in [5.74, 6) is 2.30. The predicted molar refractivity (Wildman–Crippen MR) is 120 cm³/mol. The van der Waals surface area contributed by atoms with Crippen molar-refractivity contribution in [2.24, 2.45) is 5.10 Å². The Morgan fingerprint density at radius 1 is 0.933 bits per heavy atom. The van der Waals surface area contributed by atoms with E-state index < -0.39 is 0 Å². The maximum absolute atomic E-state index is 5.38. The number of thiophene rings is 1. The van der Waals surface area contributed by atoms with E-state index in [-0.39, 0.29) is 0 Å². The third kappa shape index (κ3) is 3.90. The number of aromatic nitrogens is 2. The summed E-state index contributed by atoms with van der Waals surface area (Å²) in [5.41, 5.74) is 4.95. The third-order valence-electron chi connectivity index (χ3n) is 4.46. The smallest absolute Gasteiger partial charge is 0.203 e. The van der Waals surface area contributed by atoms with E-state index in [9.17, 15) is 0 Å². The maximum atomic E-state index is 5.38. The zero-order valence-corrected chi connectivity index (χ0v) is 17.6. The van der Waals surface area contributed by atoms with Gasteiger partial charge in [0, 0.05) is 10.4 Å². The van der Waals surface area contributed by atoms with Gasteiger partial charge < -0.3 is 14.2 Å². The van der Waals surface area contributed by atoms with Gasteiger partial charge in [-0.15, -0.1) is 11.3 Å². The Hall–Kier alpha value is -3.65. The standard InChI is InChI=1S/C22H20N4O3S/c1-27-17-9-14(10-18(28-2)20(17)29-3)12-25-26-21-16-11-19(15-7-5-4-6-8-15)30-22(16)24-13-23-21/h4-13H,1-3H3,(H,23,24,26)/b25-12+. The van der Waals surface area contributed by atoms with Crippen molar-refractivity contribution in [1.29, 1.82) is 0 Å². The van der Waals surface area contributed by atoms with Crippen LogP contribution in [0, 0.1) is 0 Å². The summed E-state index contributed by atoms with van der Waals surface area (Å²) in [6, 6.07) is 15.9. The van der Waals surface area contributed by atoms with Crippen molar-refractivity contribution < 1.29 is 14.2 Å². The molecule has 0 saturated carbocycles. The van der Waals surface area contributed by atoms with Crippen LogP contribution in [-0.4, -0.2) is 37.5 Å². The van der Waals surface area contributed by atoms with E-state index in [1.165, 1.54) is 6.33 Å². The molecule has 2 aromatic heterocycles. The lowest BCUT2D eigenvalue weighted by Crippen LogP contribution is -1.98. The number of methoxy groups -OCH3 is 3. The molecule has 1 N–H and O–H groups in total. The van der Waals surface area contributed by atoms with E-state index in [0.717, 1.165) is 26.2 Å². The van der Waals surface area contributed by atoms with Crippen molar-refractivity contribution in [3.63, 3.8) is 0 Å². The molecule has 30 heavy (non-hydrogen) atoms. The number of rotatable bonds is 7. The number of hydrogen-bond donors (Lipinski definition) is 1. The zero-order chi connectivity index (χ0) is 20.9. The Morgan fingerprint density at radius 3 is 2.33 bits per heavy atom. The predicted octanol–water partition coefficient (Wildman–Crippen LogP) is 4.83. The molecular weight excluding hydrogens is 400 g/mol.